The van der Waals surface area contributed by atoms with Crippen molar-refractivity contribution in [3.8, 4) is 0 Å². The number of carbonyl (C=O) groups excluding carboxylic acids is 2. The fourth-order valence-electron chi connectivity index (χ4n) is 3.79. The molecule has 2 aliphatic rings. The van der Waals surface area contributed by atoms with Gasteiger partial charge in [0.25, 0.3) is 0 Å². The number of ether oxygens (including phenoxy) is 1. The molecule has 1 aliphatic carbocycles. The Kier molecular flexibility index (Phi) is 6.00. The monoisotopic (exact) mass is 398 g/mol. The Morgan fingerprint density at radius 3 is 2.45 bits per heavy atom. The third-order valence-corrected chi connectivity index (χ3v) is 5.27. The Bertz CT molecular complexity index is 843. The lowest BCUT2D eigenvalue weighted by Gasteiger charge is -2.22. The Balaban J connectivity index is 1.24. The van der Waals surface area contributed by atoms with Gasteiger partial charge in [-0.15, -0.1) is 0 Å². The van der Waals surface area contributed by atoms with Gasteiger partial charge in [0, 0.05) is 36.5 Å². The molecule has 4 amide bonds. The number of furan rings is 1. The molecule has 0 spiro atoms. The molecule has 8 heteroatoms. The topological polar surface area (TPSA) is 105 Å². The van der Waals surface area contributed by atoms with E-state index in [9.17, 15) is 9.59 Å². The average Bonchev–Trinajstić information content (AvgIpc) is 3.40. The van der Waals surface area contributed by atoms with Gasteiger partial charge in [0.05, 0.1) is 18.4 Å². The second-order valence-electron chi connectivity index (χ2n) is 7.39. The SMILES string of the molecule is O=C(NCC1CCCO1)Nc1ccc(NC(=O)NC2CCCc3occc32)cc1. The van der Waals surface area contributed by atoms with Crippen LogP contribution in [-0.2, 0) is 11.2 Å². The summed E-state index contributed by atoms with van der Waals surface area (Å²) in [6, 6.07) is 8.34. The molecule has 1 aromatic heterocycles. The van der Waals surface area contributed by atoms with E-state index in [1.165, 1.54) is 0 Å². The van der Waals surface area contributed by atoms with Crippen molar-refractivity contribution in [2.75, 3.05) is 23.8 Å². The zero-order valence-corrected chi connectivity index (χ0v) is 16.2. The number of benzene rings is 1. The Hall–Kier alpha value is -3.00. The third kappa shape index (κ3) is 5.08. The molecule has 2 aromatic rings. The Morgan fingerprint density at radius 1 is 0.966 bits per heavy atom. The predicted molar refractivity (Wildman–Crippen MR) is 109 cm³/mol. The van der Waals surface area contributed by atoms with Gasteiger partial charge in [-0.2, -0.15) is 0 Å². The van der Waals surface area contributed by atoms with E-state index in [0.717, 1.165) is 50.0 Å². The van der Waals surface area contributed by atoms with E-state index in [-0.39, 0.29) is 24.2 Å². The first-order valence-electron chi connectivity index (χ1n) is 10.1. The van der Waals surface area contributed by atoms with Crippen LogP contribution in [0.1, 0.15) is 43.0 Å². The van der Waals surface area contributed by atoms with E-state index < -0.39 is 0 Å². The minimum atomic E-state index is -0.271. The predicted octanol–water partition coefficient (Wildman–Crippen LogP) is 3.78. The zero-order valence-electron chi connectivity index (χ0n) is 16.2. The minimum Gasteiger partial charge on any atom is -0.469 e. The highest BCUT2D eigenvalue weighted by molar-refractivity contribution is 5.91. The van der Waals surface area contributed by atoms with E-state index in [1.807, 2.05) is 6.07 Å². The van der Waals surface area contributed by atoms with E-state index in [1.54, 1.807) is 30.5 Å². The van der Waals surface area contributed by atoms with Crippen molar-refractivity contribution >= 4 is 23.4 Å². The number of fused-ring (bicyclic) bond motifs is 1. The number of nitrogens with one attached hydrogen (secondary N) is 4. The molecule has 29 heavy (non-hydrogen) atoms. The van der Waals surface area contributed by atoms with Crippen molar-refractivity contribution in [1.29, 1.82) is 0 Å². The van der Waals surface area contributed by atoms with E-state index in [2.05, 4.69) is 21.3 Å². The molecule has 2 heterocycles. The third-order valence-electron chi connectivity index (χ3n) is 5.27. The molecule has 8 nitrogen and oxygen atoms in total. The molecule has 1 fully saturated rings. The van der Waals surface area contributed by atoms with Gasteiger partial charge in [-0.05, 0) is 56.0 Å². The van der Waals surface area contributed by atoms with Crippen molar-refractivity contribution < 1.29 is 18.7 Å². The average molecular weight is 398 g/mol. The van der Waals surface area contributed by atoms with Gasteiger partial charge in [0.1, 0.15) is 5.76 Å². The van der Waals surface area contributed by atoms with Crippen molar-refractivity contribution in [1.82, 2.24) is 10.6 Å². The number of amides is 4. The standard InChI is InChI=1S/C21H26N4O4/c26-20(22-13-16-3-2-11-28-16)23-14-6-8-15(9-7-14)24-21(27)25-18-4-1-5-19-17(18)10-12-29-19/h6-10,12,16,18H,1-5,11,13H2,(H2,22,23,26)(H2,24,25,27). The number of urea groups is 2. The number of hydrogen-bond donors (Lipinski definition) is 4. The smallest absolute Gasteiger partial charge is 0.319 e. The maximum atomic E-state index is 12.3. The number of rotatable bonds is 5. The highest BCUT2D eigenvalue weighted by Crippen LogP contribution is 2.30. The molecule has 1 aliphatic heterocycles. The van der Waals surface area contributed by atoms with E-state index in [0.29, 0.717) is 17.9 Å². The zero-order chi connectivity index (χ0) is 20.1. The van der Waals surface area contributed by atoms with E-state index >= 15 is 0 Å². The molecule has 1 saturated heterocycles. The fourth-order valence-corrected chi connectivity index (χ4v) is 3.79. The summed E-state index contributed by atoms with van der Waals surface area (Å²) in [6.07, 6.45) is 6.59. The summed E-state index contributed by atoms with van der Waals surface area (Å²) in [5.41, 5.74) is 2.35. The van der Waals surface area contributed by atoms with Gasteiger partial charge in [0.15, 0.2) is 0 Å². The summed E-state index contributed by atoms with van der Waals surface area (Å²) < 4.78 is 10.9. The second kappa shape index (κ2) is 9.00. The summed E-state index contributed by atoms with van der Waals surface area (Å²) in [6.45, 7) is 1.27. The molecule has 2 atom stereocenters. The molecule has 4 rings (SSSR count). The fraction of sp³-hybridized carbons (Fsp3) is 0.429. The molecule has 1 aromatic carbocycles. The van der Waals surface area contributed by atoms with Crippen LogP contribution in [0.4, 0.5) is 21.0 Å². The number of hydrogen-bond acceptors (Lipinski definition) is 4. The van der Waals surface area contributed by atoms with Gasteiger partial charge >= 0.3 is 12.1 Å². The van der Waals surface area contributed by atoms with Gasteiger partial charge in [0.2, 0.25) is 0 Å². The minimum absolute atomic E-state index is 0.0361. The van der Waals surface area contributed by atoms with Crippen LogP contribution in [-0.4, -0.2) is 31.3 Å². The van der Waals surface area contributed by atoms with Crippen molar-refractivity contribution in [2.24, 2.45) is 0 Å². The largest absolute Gasteiger partial charge is 0.469 e. The number of aryl methyl sites for hydroxylation is 1. The first-order chi connectivity index (χ1) is 14.2. The lowest BCUT2D eigenvalue weighted by molar-refractivity contribution is 0.112. The van der Waals surface area contributed by atoms with Crippen molar-refractivity contribution in [2.45, 2.75) is 44.2 Å². The maximum Gasteiger partial charge on any atom is 0.319 e. The van der Waals surface area contributed by atoms with E-state index in [4.69, 9.17) is 9.15 Å². The molecule has 0 radical (unpaired) electrons. The van der Waals surface area contributed by atoms with Crippen molar-refractivity contribution in [3.63, 3.8) is 0 Å². The van der Waals surface area contributed by atoms with Gasteiger partial charge in [-0.1, -0.05) is 0 Å². The van der Waals surface area contributed by atoms with Crippen molar-refractivity contribution in [3.05, 3.63) is 47.9 Å². The normalized spacial score (nSPS) is 20.6. The van der Waals surface area contributed by atoms with Gasteiger partial charge in [-0.25, -0.2) is 9.59 Å². The summed E-state index contributed by atoms with van der Waals surface area (Å²) in [5.74, 6) is 0.953. The molecule has 0 saturated carbocycles. The molecule has 0 bridgehead atoms. The molecule has 2 unspecified atom stereocenters. The first kappa shape index (κ1) is 19.3. The van der Waals surface area contributed by atoms with Crippen LogP contribution in [0.25, 0.3) is 0 Å². The molecule has 4 N–H and O–H groups in total. The first-order valence-corrected chi connectivity index (χ1v) is 10.1. The summed E-state index contributed by atoms with van der Waals surface area (Å²) in [5, 5.41) is 11.4. The molecule has 154 valence electrons. The molecular formula is C21H26N4O4. The van der Waals surface area contributed by atoms with Crippen LogP contribution in [0.5, 0.6) is 0 Å². The lowest BCUT2D eigenvalue weighted by Crippen LogP contribution is -2.35. The van der Waals surface area contributed by atoms with Gasteiger partial charge in [-0.3, -0.25) is 0 Å². The lowest BCUT2D eigenvalue weighted by atomic mass is 9.93. The van der Waals surface area contributed by atoms with Crippen LogP contribution >= 0.6 is 0 Å². The van der Waals surface area contributed by atoms with Crippen LogP contribution in [0.2, 0.25) is 0 Å². The second-order valence-corrected chi connectivity index (χ2v) is 7.39. The molecular weight excluding hydrogens is 372 g/mol. The number of anilines is 2. The highest BCUT2D eigenvalue weighted by atomic mass is 16.5. The summed E-state index contributed by atoms with van der Waals surface area (Å²) >= 11 is 0. The summed E-state index contributed by atoms with van der Waals surface area (Å²) in [7, 11) is 0. The Morgan fingerprint density at radius 2 is 1.72 bits per heavy atom. The van der Waals surface area contributed by atoms with Crippen LogP contribution in [0.3, 0.4) is 0 Å². The number of carbonyl (C=O) groups is 2. The maximum absolute atomic E-state index is 12.3. The van der Waals surface area contributed by atoms with Crippen LogP contribution in [0.15, 0.2) is 41.0 Å². The Labute approximate surface area is 169 Å². The van der Waals surface area contributed by atoms with Crippen LogP contribution < -0.4 is 21.3 Å². The van der Waals surface area contributed by atoms with Gasteiger partial charge < -0.3 is 30.4 Å². The van der Waals surface area contributed by atoms with Crippen LogP contribution in [0, 0.1) is 0 Å². The summed E-state index contributed by atoms with van der Waals surface area (Å²) in [4.78, 5) is 24.3. The highest BCUT2D eigenvalue weighted by Gasteiger charge is 2.24. The quantitative estimate of drug-likeness (QED) is 0.615.